The van der Waals surface area contributed by atoms with Crippen LogP contribution in [0.3, 0.4) is 0 Å². The molecule has 0 spiro atoms. The van der Waals surface area contributed by atoms with Crippen LogP contribution in [0.4, 0.5) is 4.79 Å². The zero-order chi connectivity index (χ0) is 26.3. The number of ether oxygens (including phenoxy) is 2. The Kier molecular flexibility index (Phi) is 9.12. The van der Waals surface area contributed by atoms with Crippen molar-refractivity contribution in [2.45, 2.75) is 45.4 Å². The van der Waals surface area contributed by atoms with Crippen LogP contribution in [0.1, 0.15) is 43.5 Å². The van der Waals surface area contributed by atoms with E-state index in [1.807, 2.05) is 42.5 Å². The van der Waals surface area contributed by atoms with Gasteiger partial charge in [0.05, 0.1) is 19.1 Å². The minimum atomic E-state index is -0.919. The molecular formula is C28H30BrNO6. The van der Waals surface area contributed by atoms with Crippen molar-refractivity contribution in [1.82, 2.24) is 5.32 Å². The van der Waals surface area contributed by atoms with Crippen LogP contribution < -0.4 is 10.1 Å². The Labute approximate surface area is 219 Å². The molecule has 0 aromatic heterocycles. The lowest BCUT2D eigenvalue weighted by atomic mass is 9.98. The molecule has 7 nitrogen and oxygen atoms in total. The minimum Gasteiger partial charge on any atom is -0.489 e. The van der Waals surface area contributed by atoms with E-state index in [9.17, 15) is 14.7 Å². The third-order valence-electron chi connectivity index (χ3n) is 5.16. The molecule has 1 amide bonds. The Morgan fingerprint density at radius 3 is 2.44 bits per heavy atom. The lowest BCUT2D eigenvalue weighted by molar-refractivity contribution is -0.136. The third-order valence-corrected chi connectivity index (χ3v) is 5.62. The van der Waals surface area contributed by atoms with Gasteiger partial charge < -0.3 is 25.0 Å². The first-order valence-corrected chi connectivity index (χ1v) is 12.3. The molecule has 0 heterocycles. The lowest BCUT2D eigenvalue weighted by Gasteiger charge is -2.23. The Morgan fingerprint density at radius 2 is 1.75 bits per heavy atom. The molecule has 8 heteroatoms. The number of carbonyl (C=O) groups excluding carboxylic acids is 1. The standard InChI is InChI=1S/C28H30BrNO6/c1-28(2,3)36-27(34)30-24(16-31)20-9-6-8-19(13-20)22-11-18(12-23(29)14-22)17-35-25-10-5-4-7-21(25)15-26(32)33/h4-14,24,31H,15-17H2,1-3H3,(H,30,34)(H,32,33). The molecule has 0 aliphatic heterocycles. The fourth-order valence-electron chi connectivity index (χ4n) is 3.63. The van der Waals surface area contributed by atoms with Crippen molar-refractivity contribution in [1.29, 1.82) is 0 Å². The minimum absolute atomic E-state index is 0.115. The third kappa shape index (κ3) is 8.10. The highest BCUT2D eigenvalue weighted by molar-refractivity contribution is 9.10. The quantitative estimate of drug-likeness (QED) is 0.304. The Balaban J connectivity index is 1.80. The van der Waals surface area contributed by atoms with Gasteiger partial charge in [-0.05, 0) is 73.4 Å². The van der Waals surface area contributed by atoms with Crippen LogP contribution in [0.25, 0.3) is 11.1 Å². The largest absolute Gasteiger partial charge is 0.489 e. The Hall–Kier alpha value is -3.36. The van der Waals surface area contributed by atoms with Crippen molar-refractivity contribution >= 4 is 28.0 Å². The molecule has 3 rings (SSSR count). The number of aliphatic hydroxyl groups excluding tert-OH is 1. The number of carboxylic acid groups (broad SMARTS) is 1. The molecule has 36 heavy (non-hydrogen) atoms. The number of amides is 1. The van der Waals surface area contributed by atoms with E-state index in [4.69, 9.17) is 14.6 Å². The molecule has 1 unspecified atom stereocenters. The Morgan fingerprint density at radius 1 is 1.00 bits per heavy atom. The van der Waals surface area contributed by atoms with Crippen molar-refractivity contribution < 1.29 is 29.3 Å². The molecule has 0 aliphatic carbocycles. The van der Waals surface area contributed by atoms with E-state index >= 15 is 0 Å². The number of para-hydroxylation sites is 1. The highest BCUT2D eigenvalue weighted by Crippen LogP contribution is 2.29. The number of nitrogens with one attached hydrogen (secondary N) is 1. The van der Waals surface area contributed by atoms with Gasteiger partial charge in [-0.25, -0.2) is 4.79 Å². The second kappa shape index (κ2) is 12.1. The smallest absolute Gasteiger partial charge is 0.408 e. The first-order valence-electron chi connectivity index (χ1n) is 11.5. The summed E-state index contributed by atoms with van der Waals surface area (Å²) in [7, 11) is 0. The van der Waals surface area contributed by atoms with Gasteiger partial charge in [0.15, 0.2) is 0 Å². The van der Waals surface area contributed by atoms with Gasteiger partial charge in [0, 0.05) is 10.0 Å². The maximum absolute atomic E-state index is 12.2. The predicted molar refractivity (Wildman–Crippen MR) is 141 cm³/mol. The number of aliphatic hydroxyl groups is 1. The fourth-order valence-corrected chi connectivity index (χ4v) is 4.17. The molecule has 0 saturated heterocycles. The zero-order valence-corrected chi connectivity index (χ0v) is 22.0. The van der Waals surface area contributed by atoms with Gasteiger partial charge in [-0.15, -0.1) is 0 Å². The van der Waals surface area contributed by atoms with Crippen LogP contribution in [0.2, 0.25) is 0 Å². The van der Waals surface area contributed by atoms with E-state index in [0.29, 0.717) is 11.3 Å². The summed E-state index contributed by atoms with van der Waals surface area (Å²) in [5.41, 5.74) is 3.40. The Bertz CT molecular complexity index is 1220. The molecule has 190 valence electrons. The summed E-state index contributed by atoms with van der Waals surface area (Å²) in [6.07, 6.45) is -0.715. The molecule has 1 atom stereocenters. The number of aliphatic carboxylic acids is 1. The summed E-state index contributed by atoms with van der Waals surface area (Å²) in [6.45, 7) is 5.31. The number of carboxylic acids is 1. The fraction of sp³-hybridized carbons (Fsp3) is 0.286. The second-order valence-electron chi connectivity index (χ2n) is 9.32. The summed E-state index contributed by atoms with van der Waals surface area (Å²) in [6, 6.07) is 19.9. The van der Waals surface area contributed by atoms with Gasteiger partial charge in [0.2, 0.25) is 0 Å². The van der Waals surface area contributed by atoms with Gasteiger partial charge in [0.25, 0.3) is 0 Å². The van der Waals surface area contributed by atoms with E-state index in [1.54, 1.807) is 45.0 Å². The summed E-state index contributed by atoms with van der Waals surface area (Å²) in [5, 5.41) is 21.8. The molecule has 0 saturated carbocycles. The maximum Gasteiger partial charge on any atom is 0.408 e. The predicted octanol–water partition coefficient (Wildman–Crippen LogP) is 5.88. The van der Waals surface area contributed by atoms with E-state index < -0.39 is 23.7 Å². The van der Waals surface area contributed by atoms with E-state index in [1.165, 1.54) is 0 Å². The van der Waals surface area contributed by atoms with E-state index in [-0.39, 0.29) is 19.6 Å². The van der Waals surface area contributed by atoms with Crippen LogP contribution in [0, 0.1) is 0 Å². The number of hydrogen-bond donors (Lipinski definition) is 3. The van der Waals surface area contributed by atoms with Crippen LogP contribution in [0.15, 0.2) is 71.2 Å². The molecule has 0 fully saturated rings. The molecular weight excluding hydrogens is 526 g/mol. The first-order chi connectivity index (χ1) is 17.0. The average Bonchev–Trinajstić information content (AvgIpc) is 2.80. The van der Waals surface area contributed by atoms with Crippen LogP contribution >= 0.6 is 15.9 Å². The van der Waals surface area contributed by atoms with Crippen LogP contribution in [0.5, 0.6) is 5.75 Å². The van der Waals surface area contributed by atoms with Gasteiger partial charge in [0.1, 0.15) is 18.0 Å². The molecule has 0 radical (unpaired) electrons. The summed E-state index contributed by atoms with van der Waals surface area (Å²) in [4.78, 5) is 23.4. The number of carbonyl (C=O) groups is 2. The monoisotopic (exact) mass is 555 g/mol. The summed E-state index contributed by atoms with van der Waals surface area (Å²) < 4.78 is 12.1. The van der Waals surface area contributed by atoms with Gasteiger partial charge in [-0.2, -0.15) is 0 Å². The number of rotatable bonds is 9. The molecule has 0 aliphatic rings. The van der Waals surface area contributed by atoms with Crippen molar-refractivity contribution in [3.05, 3.63) is 87.9 Å². The molecule has 0 bridgehead atoms. The van der Waals surface area contributed by atoms with Crippen LogP contribution in [-0.4, -0.2) is 34.5 Å². The summed E-state index contributed by atoms with van der Waals surface area (Å²) in [5.74, 6) is -0.388. The number of hydrogen-bond acceptors (Lipinski definition) is 5. The van der Waals surface area contributed by atoms with Crippen molar-refractivity contribution in [2.24, 2.45) is 0 Å². The van der Waals surface area contributed by atoms with Gasteiger partial charge >= 0.3 is 12.1 Å². The topological polar surface area (TPSA) is 105 Å². The van der Waals surface area contributed by atoms with E-state index in [0.717, 1.165) is 26.7 Å². The molecule has 3 N–H and O–H groups in total. The highest BCUT2D eigenvalue weighted by Gasteiger charge is 2.20. The highest BCUT2D eigenvalue weighted by atomic mass is 79.9. The maximum atomic E-state index is 12.2. The molecule has 3 aromatic rings. The lowest BCUT2D eigenvalue weighted by Crippen LogP contribution is -2.36. The summed E-state index contributed by atoms with van der Waals surface area (Å²) >= 11 is 3.56. The van der Waals surface area contributed by atoms with Gasteiger partial charge in [-0.1, -0.05) is 52.3 Å². The normalized spacial score (nSPS) is 12.0. The first kappa shape index (κ1) is 27.2. The number of halogens is 1. The van der Waals surface area contributed by atoms with Crippen LogP contribution in [-0.2, 0) is 22.6 Å². The van der Waals surface area contributed by atoms with Crippen molar-refractivity contribution in [2.75, 3.05) is 6.61 Å². The SMILES string of the molecule is CC(C)(C)OC(=O)NC(CO)c1cccc(-c2cc(Br)cc(COc3ccccc3CC(=O)O)c2)c1. The number of alkyl carbamates (subject to hydrolysis) is 1. The second-order valence-corrected chi connectivity index (χ2v) is 10.2. The average molecular weight is 556 g/mol. The zero-order valence-electron chi connectivity index (χ0n) is 20.5. The van der Waals surface area contributed by atoms with Gasteiger partial charge in [-0.3, -0.25) is 4.79 Å². The number of benzene rings is 3. The van der Waals surface area contributed by atoms with Crippen molar-refractivity contribution in [3.8, 4) is 16.9 Å². The molecule has 3 aromatic carbocycles. The van der Waals surface area contributed by atoms with E-state index in [2.05, 4.69) is 21.2 Å². The van der Waals surface area contributed by atoms with Crippen molar-refractivity contribution in [3.63, 3.8) is 0 Å².